The van der Waals surface area contributed by atoms with Gasteiger partial charge in [-0.2, -0.15) is 4.98 Å². The summed E-state index contributed by atoms with van der Waals surface area (Å²) in [5, 5.41) is 12.7. The van der Waals surface area contributed by atoms with Crippen LogP contribution in [-0.4, -0.2) is 39.1 Å². The number of rotatable bonds is 7. The Labute approximate surface area is 133 Å². The Morgan fingerprint density at radius 3 is 2.65 bits per heavy atom. The maximum atomic E-state index is 12.1. The quantitative estimate of drug-likeness (QED) is 0.830. The zero-order valence-electron chi connectivity index (χ0n) is 13.3. The lowest BCUT2D eigenvalue weighted by Gasteiger charge is -2.15. The van der Waals surface area contributed by atoms with Gasteiger partial charge in [0.05, 0.1) is 6.54 Å². The van der Waals surface area contributed by atoms with Crippen molar-refractivity contribution in [2.75, 3.05) is 7.05 Å². The number of aryl methyl sites for hydroxylation is 3. The van der Waals surface area contributed by atoms with E-state index in [4.69, 9.17) is 14.0 Å². The molecule has 8 nitrogen and oxygen atoms in total. The molecular formula is C15H19N3O5. The van der Waals surface area contributed by atoms with Gasteiger partial charge in [-0.05, 0) is 26.3 Å². The summed E-state index contributed by atoms with van der Waals surface area (Å²) in [6.07, 6.45) is 1.48. The van der Waals surface area contributed by atoms with Gasteiger partial charge >= 0.3 is 5.97 Å². The van der Waals surface area contributed by atoms with Gasteiger partial charge in [-0.3, -0.25) is 4.79 Å². The lowest BCUT2D eigenvalue weighted by atomic mass is 10.2. The fourth-order valence-corrected chi connectivity index (χ4v) is 2.18. The minimum Gasteiger partial charge on any atom is -0.478 e. The van der Waals surface area contributed by atoms with Crippen LogP contribution >= 0.6 is 0 Å². The van der Waals surface area contributed by atoms with Crippen LogP contribution in [0.1, 0.15) is 46.4 Å². The second-order valence-corrected chi connectivity index (χ2v) is 5.33. The summed E-state index contributed by atoms with van der Waals surface area (Å²) in [4.78, 5) is 28.6. The van der Waals surface area contributed by atoms with E-state index < -0.39 is 5.97 Å². The highest BCUT2D eigenvalue weighted by molar-refractivity contribution is 5.88. The number of carboxylic acid groups (broad SMARTS) is 1. The molecule has 2 aromatic heterocycles. The van der Waals surface area contributed by atoms with Crippen LogP contribution in [-0.2, 0) is 17.8 Å². The first kappa shape index (κ1) is 16.7. The van der Waals surface area contributed by atoms with Crippen LogP contribution in [0.2, 0.25) is 0 Å². The second-order valence-electron chi connectivity index (χ2n) is 5.33. The summed E-state index contributed by atoms with van der Waals surface area (Å²) in [6, 6.07) is 1.45. The average Bonchev–Trinajstić information content (AvgIpc) is 3.04. The summed E-state index contributed by atoms with van der Waals surface area (Å²) >= 11 is 0. The van der Waals surface area contributed by atoms with Crippen molar-refractivity contribution in [1.29, 1.82) is 0 Å². The Bertz CT molecular complexity index is 704. The predicted octanol–water partition coefficient (Wildman–Crippen LogP) is 1.96. The highest BCUT2D eigenvalue weighted by Gasteiger charge is 2.17. The molecule has 0 radical (unpaired) electrons. The molecule has 0 aliphatic rings. The molecule has 0 bridgehead atoms. The molecule has 23 heavy (non-hydrogen) atoms. The molecule has 0 saturated carbocycles. The molecule has 2 heterocycles. The smallest absolute Gasteiger partial charge is 0.339 e. The molecule has 0 saturated heterocycles. The van der Waals surface area contributed by atoms with Crippen LogP contribution in [0.5, 0.6) is 0 Å². The van der Waals surface area contributed by atoms with Crippen molar-refractivity contribution in [1.82, 2.24) is 15.0 Å². The van der Waals surface area contributed by atoms with Crippen molar-refractivity contribution >= 4 is 11.9 Å². The molecule has 1 N–H and O–H groups in total. The zero-order valence-corrected chi connectivity index (χ0v) is 13.3. The van der Waals surface area contributed by atoms with E-state index in [1.165, 1.54) is 11.0 Å². The number of hydrogen-bond acceptors (Lipinski definition) is 6. The van der Waals surface area contributed by atoms with Gasteiger partial charge in [0.25, 0.3) is 0 Å². The molecule has 0 unspecified atom stereocenters. The van der Waals surface area contributed by atoms with E-state index in [0.717, 1.165) is 0 Å². The Morgan fingerprint density at radius 1 is 1.35 bits per heavy atom. The number of aromatic nitrogens is 2. The number of carboxylic acids is 1. The topological polar surface area (TPSA) is 110 Å². The minimum absolute atomic E-state index is 0.0628. The maximum Gasteiger partial charge on any atom is 0.339 e. The van der Waals surface area contributed by atoms with Crippen molar-refractivity contribution < 1.29 is 23.6 Å². The Kier molecular flexibility index (Phi) is 5.15. The highest BCUT2D eigenvalue weighted by Crippen LogP contribution is 2.16. The Hall–Kier alpha value is -2.64. The molecule has 2 aromatic rings. The van der Waals surface area contributed by atoms with E-state index in [9.17, 15) is 9.59 Å². The van der Waals surface area contributed by atoms with Crippen LogP contribution < -0.4 is 0 Å². The van der Waals surface area contributed by atoms with Gasteiger partial charge in [-0.15, -0.1) is 0 Å². The van der Waals surface area contributed by atoms with Gasteiger partial charge < -0.3 is 18.9 Å². The van der Waals surface area contributed by atoms with Gasteiger partial charge in [0.2, 0.25) is 11.8 Å². The lowest BCUT2D eigenvalue weighted by Crippen LogP contribution is -2.25. The number of amides is 1. The Morgan fingerprint density at radius 2 is 2.09 bits per heavy atom. The standard InChI is InChI=1S/C15H19N3O5/c1-9-12(15(20)21)7-11(22-9)8-18(3)14(19)6-4-5-13-16-10(2)17-23-13/h7H,4-6,8H2,1-3H3,(H,20,21). The van der Waals surface area contributed by atoms with Crippen molar-refractivity contribution in [3.63, 3.8) is 0 Å². The van der Waals surface area contributed by atoms with E-state index in [1.807, 2.05) is 0 Å². The summed E-state index contributed by atoms with van der Waals surface area (Å²) in [7, 11) is 1.65. The summed E-state index contributed by atoms with van der Waals surface area (Å²) < 4.78 is 10.3. The largest absolute Gasteiger partial charge is 0.478 e. The highest BCUT2D eigenvalue weighted by atomic mass is 16.5. The minimum atomic E-state index is -1.04. The molecule has 0 fully saturated rings. The molecule has 0 aliphatic carbocycles. The fraction of sp³-hybridized carbons (Fsp3) is 0.467. The van der Waals surface area contributed by atoms with Gasteiger partial charge in [-0.1, -0.05) is 5.16 Å². The van der Waals surface area contributed by atoms with Crippen LogP contribution in [0, 0.1) is 13.8 Å². The molecule has 8 heteroatoms. The van der Waals surface area contributed by atoms with Gasteiger partial charge in [0.15, 0.2) is 5.82 Å². The number of furan rings is 1. The number of aromatic carboxylic acids is 1. The normalized spacial score (nSPS) is 10.7. The Balaban J connectivity index is 1.82. The van der Waals surface area contributed by atoms with Crippen molar-refractivity contribution in [3.05, 3.63) is 34.9 Å². The molecule has 0 aromatic carbocycles. The monoisotopic (exact) mass is 321 g/mol. The third-order valence-corrected chi connectivity index (χ3v) is 3.37. The van der Waals surface area contributed by atoms with Crippen LogP contribution in [0.15, 0.2) is 15.0 Å². The van der Waals surface area contributed by atoms with E-state index in [1.54, 1.807) is 20.9 Å². The zero-order chi connectivity index (χ0) is 17.0. The molecular weight excluding hydrogens is 302 g/mol. The molecule has 0 atom stereocenters. The van der Waals surface area contributed by atoms with Gasteiger partial charge in [0.1, 0.15) is 17.1 Å². The summed E-state index contributed by atoms with van der Waals surface area (Å²) in [5.41, 5.74) is 0.118. The number of nitrogens with zero attached hydrogens (tertiary/aromatic N) is 3. The van der Waals surface area contributed by atoms with Gasteiger partial charge in [0, 0.05) is 19.9 Å². The molecule has 124 valence electrons. The van der Waals surface area contributed by atoms with Crippen molar-refractivity contribution in [2.45, 2.75) is 39.7 Å². The number of carbonyl (C=O) groups excluding carboxylic acids is 1. The van der Waals surface area contributed by atoms with E-state index in [2.05, 4.69) is 10.1 Å². The molecule has 0 spiro atoms. The number of carbonyl (C=O) groups is 2. The number of hydrogen-bond donors (Lipinski definition) is 1. The second kappa shape index (κ2) is 7.08. The molecule has 0 aliphatic heterocycles. The maximum absolute atomic E-state index is 12.1. The summed E-state index contributed by atoms with van der Waals surface area (Å²) in [5.74, 6) is 0.772. The van der Waals surface area contributed by atoms with Crippen LogP contribution in [0.25, 0.3) is 0 Å². The molecule has 1 amide bonds. The first-order valence-corrected chi connectivity index (χ1v) is 7.22. The fourth-order valence-electron chi connectivity index (χ4n) is 2.18. The lowest BCUT2D eigenvalue weighted by molar-refractivity contribution is -0.130. The predicted molar refractivity (Wildman–Crippen MR) is 78.9 cm³/mol. The molecule has 2 rings (SSSR count). The first-order chi connectivity index (χ1) is 10.9. The third kappa shape index (κ3) is 4.41. The van der Waals surface area contributed by atoms with Crippen molar-refractivity contribution in [2.24, 2.45) is 0 Å². The SMILES string of the molecule is Cc1noc(CCCC(=O)N(C)Cc2cc(C(=O)O)c(C)o2)n1. The van der Waals surface area contributed by atoms with Crippen LogP contribution in [0.3, 0.4) is 0 Å². The van der Waals surface area contributed by atoms with E-state index >= 15 is 0 Å². The van der Waals surface area contributed by atoms with Crippen molar-refractivity contribution in [3.8, 4) is 0 Å². The average molecular weight is 321 g/mol. The van der Waals surface area contributed by atoms with Gasteiger partial charge in [-0.25, -0.2) is 4.79 Å². The third-order valence-electron chi connectivity index (χ3n) is 3.37. The van der Waals surface area contributed by atoms with Crippen LogP contribution in [0.4, 0.5) is 0 Å². The first-order valence-electron chi connectivity index (χ1n) is 7.22. The van der Waals surface area contributed by atoms with E-state index in [0.29, 0.717) is 42.5 Å². The van der Waals surface area contributed by atoms with E-state index in [-0.39, 0.29) is 18.0 Å². The summed E-state index contributed by atoms with van der Waals surface area (Å²) in [6.45, 7) is 3.55.